The zero-order valence-corrected chi connectivity index (χ0v) is 20.1. The van der Waals surface area contributed by atoms with Gasteiger partial charge in [0.2, 0.25) is 0 Å². The van der Waals surface area contributed by atoms with Gasteiger partial charge in [0.1, 0.15) is 16.9 Å². The highest BCUT2D eigenvalue weighted by Crippen LogP contribution is 2.39. The summed E-state index contributed by atoms with van der Waals surface area (Å²) in [6, 6.07) is 7.91. The molecular formula is C24H22N6OS2. The van der Waals surface area contributed by atoms with Crippen LogP contribution in [0.3, 0.4) is 0 Å². The molecule has 0 fully saturated rings. The lowest BCUT2D eigenvalue weighted by molar-refractivity contribution is 0.181. The van der Waals surface area contributed by atoms with Crippen molar-refractivity contribution in [2.45, 2.75) is 33.2 Å². The van der Waals surface area contributed by atoms with Gasteiger partial charge >= 0.3 is 0 Å². The first kappa shape index (κ1) is 21.7. The number of nitrogens with zero attached hydrogens (tertiary/aromatic N) is 5. The molecule has 2 N–H and O–H groups in total. The molecule has 0 bridgehead atoms. The molecule has 166 valence electrons. The number of rotatable bonds is 4. The van der Waals surface area contributed by atoms with Crippen molar-refractivity contribution >= 4 is 28.4 Å². The van der Waals surface area contributed by atoms with Crippen LogP contribution in [0.2, 0.25) is 0 Å². The Morgan fingerprint density at radius 3 is 2.70 bits per heavy atom. The van der Waals surface area contributed by atoms with Crippen LogP contribution < -0.4 is 5.48 Å². The van der Waals surface area contributed by atoms with Crippen molar-refractivity contribution in [2.75, 3.05) is 6.54 Å². The molecule has 0 spiro atoms. The van der Waals surface area contributed by atoms with E-state index in [1.54, 1.807) is 22.7 Å². The van der Waals surface area contributed by atoms with Gasteiger partial charge in [-0.3, -0.25) is 9.56 Å². The van der Waals surface area contributed by atoms with Crippen LogP contribution in [-0.2, 0) is 6.42 Å². The Bertz CT molecular complexity index is 1390. The van der Waals surface area contributed by atoms with E-state index in [-0.39, 0.29) is 12.6 Å². The van der Waals surface area contributed by atoms with Gasteiger partial charge in [0.25, 0.3) is 0 Å². The van der Waals surface area contributed by atoms with Crippen molar-refractivity contribution < 1.29 is 5.21 Å². The predicted molar refractivity (Wildman–Crippen MR) is 131 cm³/mol. The van der Waals surface area contributed by atoms with Crippen molar-refractivity contribution in [3.63, 3.8) is 0 Å². The first-order valence-electron chi connectivity index (χ1n) is 10.5. The van der Waals surface area contributed by atoms with Crippen LogP contribution in [0.15, 0.2) is 40.8 Å². The molecule has 1 aliphatic heterocycles. The molecule has 0 radical (unpaired) electrons. The standard InChI is InChI=1S/C24H22N6OS2/c1-14-15(2)33-24-21(14)22(18-8-6-17(7-9-18)5-4-10-26-31)27-19(13-20-25-11-12-32-20)23-29-28-16(3)30(23)24/h6-9,11-12,19,26,31H,10,13H2,1-3H3/t19-/m0/s1. The third kappa shape index (κ3) is 4.03. The van der Waals surface area contributed by atoms with Gasteiger partial charge in [0.05, 0.1) is 17.3 Å². The molecule has 3 aromatic heterocycles. The second kappa shape index (κ2) is 9.00. The van der Waals surface area contributed by atoms with Crippen LogP contribution >= 0.6 is 22.7 Å². The molecule has 0 amide bonds. The molecule has 4 aromatic rings. The number of thiazole rings is 1. The van der Waals surface area contributed by atoms with Crippen LogP contribution in [0, 0.1) is 32.6 Å². The normalized spacial score (nSPS) is 14.7. The summed E-state index contributed by atoms with van der Waals surface area (Å²) in [7, 11) is 0. The van der Waals surface area contributed by atoms with Crippen LogP contribution in [0.5, 0.6) is 0 Å². The van der Waals surface area contributed by atoms with Gasteiger partial charge in [-0.15, -0.1) is 32.9 Å². The lowest BCUT2D eigenvalue weighted by Crippen LogP contribution is -2.09. The quantitative estimate of drug-likeness (QED) is 0.342. The highest BCUT2D eigenvalue weighted by Gasteiger charge is 2.31. The maximum Gasteiger partial charge on any atom is 0.163 e. The molecule has 1 atom stereocenters. The fourth-order valence-corrected chi connectivity index (χ4v) is 5.81. The number of aliphatic imine (C=N–C) groups is 1. The molecule has 1 aromatic carbocycles. The first-order valence-corrected chi connectivity index (χ1v) is 12.2. The van der Waals surface area contributed by atoms with Crippen molar-refractivity contribution in [1.29, 1.82) is 0 Å². The lowest BCUT2D eigenvalue weighted by atomic mass is 9.98. The van der Waals surface area contributed by atoms with Crippen molar-refractivity contribution in [3.05, 3.63) is 79.6 Å². The van der Waals surface area contributed by atoms with Gasteiger partial charge in [0, 0.05) is 39.6 Å². The fourth-order valence-electron chi connectivity index (χ4n) is 3.94. The second-order valence-electron chi connectivity index (χ2n) is 7.74. The number of hydrogen-bond acceptors (Lipinski definition) is 8. The molecule has 0 unspecified atom stereocenters. The smallest absolute Gasteiger partial charge is 0.163 e. The van der Waals surface area contributed by atoms with Gasteiger partial charge in [-0.25, -0.2) is 4.98 Å². The van der Waals surface area contributed by atoms with Gasteiger partial charge in [0.15, 0.2) is 5.82 Å². The summed E-state index contributed by atoms with van der Waals surface area (Å²) in [6.07, 6.45) is 2.50. The number of thiophene rings is 1. The SMILES string of the molecule is Cc1sc2c(c1C)C(c1ccc(C#CCNO)cc1)=N[C@@H](Cc1nccs1)c1nnc(C)n1-2. The number of nitrogens with one attached hydrogen (secondary N) is 1. The van der Waals surface area contributed by atoms with Crippen LogP contribution in [0.25, 0.3) is 5.00 Å². The fraction of sp³-hybridized carbons (Fsp3) is 0.250. The summed E-state index contributed by atoms with van der Waals surface area (Å²) in [5, 5.41) is 21.8. The molecule has 33 heavy (non-hydrogen) atoms. The number of hydrogen-bond donors (Lipinski definition) is 2. The van der Waals surface area contributed by atoms with Crippen LogP contribution in [0.1, 0.15) is 49.8 Å². The van der Waals surface area contributed by atoms with Crippen molar-refractivity contribution in [3.8, 4) is 16.8 Å². The monoisotopic (exact) mass is 474 g/mol. The highest BCUT2D eigenvalue weighted by molar-refractivity contribution is 7.15. The average Bonchev–Trinajstić information content (AvgIpc) is 3.50. The maximum atomic E-state index is 8.72. The van der Waals surface area contributed by atoms with E-state index in [0.29, 0.717) is 6.42 Å². The summed E-state index contributed by atoms with van der Waals surface area (Å²) in [5.41, 5.74) is 7.27. The third-order valence-electron chi connectivity index (χ3n) is 5.65. The largest absolute Gasteiger partial charge is 0.316 e. The number of hydroxylamine groups is 1. The Balaban J connectivity index is 1.67. The lowest BCUT2D eigenvalue weighted by Gasteiger charge is -2.11. The van der Waals surface area contributed by atoms with Gasteiger partial charge in [-0.05, 0) is 38.5 Å². The summed E-state index contributed by atoms with van der Waals surface area (Å²) in [5.74, 6) is 7.61. The molecular weight excluding hydrogens is 452 g/mol. The van der Waals surface area contributed by atoms with Crippen molar-refractivity contribution in [2.24, 2.45) is 4.99 Å². The Kier molecular flexibility index (Phi) is 5.91. The number of aromatic nitrogens is 4. The Labute approximate surface area is 199 Å². The second-order valence-corrected chi connectivity index (χ2v) is 9.92. The van der Waals surface area contributed by atoms with Gasteiger partial charge < -0.3 is 5.21 Å². The number of aryl methyl sites for hydroxylation is 2. The molecule has 0 saturated carbocycles. The van der Waals surface area contributed by atoms with E-state index >= 15 is 0 Å². The third-order valence-corrected chi connectivity index (χ3v) is 7.64. The molecule has 7 nitrogen and oxygen atoms in total. The zero-order chi connectivity index (χ0) is 22.9. The average molecular weight is 475 g/mol. The van der Waals surface area contributed by atoms with E-state index in [2.05, 4.69) is 63.0 Å². The molecule has 5 rings (SSSR count). The van der Waals surface area contributed by atoms with E-state index in [4.69, 9.17) is 10.2 Å². The zero-order valence-electron chi connectivity index (χ0n) is 18.5. The van der Waals surface area contributed by atoms with Crippen molar-refractivity contribution in [1.82, 2.24) is 25.2 Å². The minimum absolute atomic E-state index is 0.193. The highest BCUT2D eigenvalue weighted by atomic mass is 32.1. The molecule has 0 aliphatic carbocycles. The summed E-state index contributed by atoms with van der Waals surface area (Å²) in [6.45, 7) is 6.52. The van der Waals surface area contributed by atoms with E-state index in [1.807, 2.05) is 30.6 Å². The van der Waals surface area contributed by atoms with Gasteiger partial charge in [-0.1, -0.05) is 24.0 Å². The summed E-state index contributed by atoms with van der Waals surface area (Å²) in [4.78, 5) is 11.0. The van der Waals surface area contributed by atoms with E-state index in [9.17, 15) is 0 Å². The van der Waals surface area contributed by atoms with E-state index in [0.717, 1.165) is 44.1 Å². The number of fused-ring (bicyclic) bond motifs is 3. The topological polar surface area (TPSA) is 88.2 Å². The van der Waals surface area contributed by atoms with Crippen LogP contribution in [-0.4, -0.2) is 37.2 Å². The molecule has 0 saturated heterocycles. The Hall–Kier alpha value is -3.16. The molecule has 1 aliphatic rings. The molecule has 4 heterocycles. The Morgan fingerprint density at radius 1 is 1.15 bits per heavy atom. The van der Waals surface area contributed by atoms with E-state index in [1.165, 1.54) is 10.4 Å². The first-order chi connectivity index (χ1) is 16.1. The van der Waals surface area contributed by atoms with Gasteiger partial charge in [-0.2, -0.15) is 5.48 Å². The minimum atomic E-state index is -0.193. The predicted octanol–water partition coefficient (Wildman–Crippen LogP) is 4.18. The minimum Gasteiger partial charge on any atom is -0.316 e. The Morgan fingerprint density at radius 2 is 1.97 bits per heavy atom. The van der Waals surface area contributed by atoms with E-state index < -0.39 is 0 Å². The summed E-state index contributed by atoms with van der Waals surface area (Å²) >= 11 is 3.38. The maximum absolute atomic E-state index is 8.72. The number of benzene rings is 1. The van der Waals surface area contributed by atoms with Crippen LogP contribution in [0.4, 0.5) is 0 Å². The summed E-state index contributed by atoms with van der Waals surface area (Å²) < 4.78 is 2.16. The molecule has 9 heteroatoms.